The summed E-state index contributed by atoms with van der Waals surface area (Å²) in [6.45, 7) is 0. The Balaban J connectivity index is 1.67. The zero-order chi connectivity index (χ0) is 16.0. The summed E-state index contributed by atoms with van der Waals surface area (Å²) < 4.78 is 27.6. The molecule has 3 N–H and O–H groups in total. The second-order valence-corrected chi connectivity index (χ2v) is 6.97. The fourth-order valence-corrected chi connectivity index (χ4v) is 3.69. The van der Waals surface area contributed by atoms with Gasteiger partial charge in [-0.1, -0.05) is 0 Å². The van der Waals surface area contributed by atoms with Gasteiger partial charge in [0.1, 0.15) is 0 Å². The topological polar surface area (TPSA) is 104 Å². The van der Waals surface area contributed by atoms with E-state index in [0.29, 0.717) is 16.9 Å². The Hall–Kier alpha value is -2.87. The summed E-state index contributed by atoms with van der Waals surface area (Å²) in [6.07, 6.45) is 1.74. The molecule has 0 aliphatic carbocycles. The Labute approximate surface area is 131 Å². The molecule has 1 aliphatic heterocycles. The fourth-order valence-electron chi connectivity index (χ4n) is 2.59. The first kappa shape index (κ1) is 13.8. The maximum Gasteiger partial charge on any atom is 0.261 e. The second kappa shape index (κ2) is 4.82. The molecule has 7 nitrogen and oxygen atoms in total. The average molecular weight is 328 g/mol. The summed E-state index contributed by atoms with van der Waals surface area (Å²) in [5, 5.41) is 2.68. The Morgan fingerprint density at radius 3 is 2.87 bits per heavy atom. The predicted molar refractivity (Wildman–Crippen MR) is 85.7 cm³/mol. The molecule has 0 bridgehead atoms. The van der Waals surface area contributed by atoms with Gasteiger partial charge in [-0.05, 0) is 42.0 Å². The maximum absolute atomic E-state index is 12.5. The number of nitrogens with zero attached hydrogens (tertiary/aromatic N) is 1. The number of aromatic amines is 1. The number of carbonyl (C=O) groups is 1. The molecule has 3 aromatic rings. The summed E-state index contributed by atoms with van der Waals surface area (Å²) in [7, 11) is -3.73. The lowest BCUT2D eigenvalue weighted by Gasteiger charge is -2.09. The van der Waals surface area contributed by atoms with Crippen molar-refractivity contribution in [2.75, 3.05) is 10.0 Å². The molecule has 2 aromatic carbocycles. The lowest BCUT2D eigenvalue weighted by Crippen LogP contribution is -2.13. The average Bonchev–Trinajstić information content (AvgIpc) is 3.10. The molecule has 0 atom stereocenters. The smallest absolute Gasteiger partial charge is 0.261 e. The molecule has 116 valence electrons. The van der Waals surface area contributed by atoms with Gasteiger partial charge in [-0.2, -0.15) is 0 Å². The van der Waals surface area contributed by atoms with Crippen LogP contribution >= 0.6 is 0 Å². The third-order valence-corrected chi connectivity index (χ3v) is 5.06. The lowest BCUT2D eigenvalue weighted by atomic mass is 10.2. The number of amides is 1. The van der Waals surface area contributed by atoms with Gasteiger partial charge in [-0.25, -0.2) is 13.4 Å². The van der Waals surface area contributed by atoms with Crippen molar-refractivity contribution >= 4 is 38.3 Å². The van der Waals surface area contributed by atoms with E-state index in [1.807, 2.05) is 0 Å². The number of aromatic nitrogens is 2. The van der Waals surface area contributed by atoms with Crippen LogP contribution in [0.2, 0.25) is 0 Å². The SMILES string of the molecule is O=C1Cc2cc(S(=O)(=O)Nc3ccc4nc[nH]c4c3)ccc2N1. The Morgan fingerprint density at radius 1 is 1.13 bits per heavy atom. The van der Waals surface area contributed by atoms with Crippen LogP contribution in [0.15, 0.2) is 47.6 Å². The number of imidazole rings is 1. The van der Waals surface area contributed by atoms with Crippen molar-refractivity contribution in [2.45, 2.75) is 11.3 Å². The molecular weight excluding hydrogens is 316 g/mol. The largest absolute Gasteiger partial charge is 0.345 e. The Kier molecular flexibility index (Phi) is 2.88. The van der Waals surface area contributed by atoms with Gasteiger partial charge in [0.15, 0.2) is 0 Å². The van der Waals surface area contributed by atoms with Crippen molar-refractivity contribution in [1.29, 1.82) is 0 Å². The Bertz CT molecular complexity index is 1040. The molecule has 2 heterocycles. The Morgan fingerprint density at radius 2 is 2.00 bits per heavy atom. The van der Waals surface area contributed by atoms with Crippen molar-refractivity contribution in [1.82, 2.24) is 9.97 Å². The van der Waals surface area contributed by atoms with Crippen LogP contribution in [-0.4, -0.2) is 24.3 Å². The zero-order valence-corrected chi connectivity index (χ0v) is 12.6. The van der Waals surface area contributed by atoms with Crippen molar-refractivity contribution in [2.24, 2.45) is 0 Å². The summed E-state index contributed by atoms with van der Waals surface area (Å²) >= 11 is 0. The zero-order valence-electron chi connectivity index (χ0n) is 11.8. The highest BCUT2D eigenvalue weighted by molar-refractivity contribution is 7.92. The number of carbonyl (C=O) groups excluding carboxylic acids is 1. The number of fused-ring (bicyclic) bond motifs is 2. The molecule has 23 heavy (non-hydrogen) atoms. The molecule has 0 saturated heterocycles. The summed E-state index contributed by atoms with van der Waals surface area (Å²) in [4.78, 5) is 18.5. The summed E-state index contributed by atoms with van der Waals surface area (Å²) in [5.74, 6) is -0.132. The van der Waals surface area contributed by atoms with Gasteiger partial charge in [-0.15, -0.1) is 0 Å². The van der Waals surface area contributed by atoms with Crippen molar-refractivity contribution < 1.29 is 13.2 Å². The van der Waals surface area contributed by atoms with Crippen LogP contribution in [0.4, 0.5) is 11.4 Å². The molecule has 0 spiro atoms. The first-order valence-electron chi connectivity index (χ1n) is 6.90. The molecule has 0 radical (unpaired) electrons. The van der Waals surface area contributed by atoms with Gasteiger partial charge < -0.3 is 10.3 Å². The third-order valence-electron chi connectivity index (χ3n) is 3.68. The minimum Gasteiger partial charge on any atom is -0.345 e. The molecule has 8 heteroatoms. The number of sulfonamides is 1. The van der Waals surface area contributed by atoms with Crippen LogP contribution < -0.4 is 10.0 Å². The molecule has 0 unspecified atom stereocenters. The number of H-pyrrole nitrogens is 1. The van der Waals surface area contributed by atoms with Gasteiger partial charge in [0, 0.05) is 5.69 Å². The van der Waals surface area contributed by atoms with Gasteiger partial charge in [0.25, 0.3) is 10.0 Å². The van der Waals surface area contributed by atoms with E-state index in [0.717, 1.165) is 11.0 Å². The quantitative estimate of drug-likeness (QED) is 0.682. The van der Waals surface area contributed by atoms with Crippen LogP contribution in [0.5, 0.6) is 0 Å². The van der Waals surface area contributed by atoms with E-state index in [1.165, 1.54) is 12.1 Å². The van der Waals surface area contributed by atoms with E-state index < -0.39 is 10.0 Å². The number of hydrogen-bond acceptors (Lipinski definition) is 4. The van der Waals surface area contributed by atoms with Gasteiger partial charge in [-0.3, -0.25) is 9.52 Å². The normalized spacial score (nSPS) is 13.8. The van der Waals surface area contributed by atoms with Crippen LogP contribution in [-0.2, 0) is 21.2 Å². The highest BCUT2D eigenvalue weighted by Crippen LogP contribution is 2.27. The number of hydrogen-bond donors (Lipinski definition) is 3. The summed E-state index contributed by atoms with van der Waals surface area (Å²) in [5.41, 5.74) is 3.29. The summed E-state index contributed by atoms with van der Waals surface area (Å²) in [6, 6.07) is 9.66. The number of anilines is 2. The van der Waals surface area contributed by atoms with E-state index in [1.54, 1.807) is 30.6 Å². The van der Waals surface area contributed by atoms with E-state index in [4.69, 9.17) is 0 Å². The molecule has 4 rings (SSSR count). The number of nitrogens with one attached hydrogen (secondary N) is 3. The third kappa shape index (κ3) is 2.42. The second-order valence-electron chi connectivity index (χ2n) is 5.28. The molecule has 1 aromatic heterocycles. The van der Waals surface area contributed by atoms with Crippen molar-refractivity contribution in [3.63, 3.8) is 0 Å². The van der Waals surface area contributed by atoms with E-state index in [2.05, 4.69) is 20.0 Å². The van der Waals surface area contributed by atoms with Crippen molar-refractivity contribution in [3.8, 4) is 0 Å². The van der Waals surface area contributed by atoms with Crippen LogP contribution in [0.3, 0.4) is 0 Å². The number of benzene rings is 2. The van der Waals surface area contributed by atoms with Crippen molar-refractivity contribution in [3.05, 3.63) is 48.3 Å². The molecule has 0 saturated carbocycles. The highest BCUT2D eigenvalue weighted by Gasteiger charge is 2.22. The molecule has 1 aliphatic rings. The van der Waals surface area contributed by atoms with Gasteiger partial charge >= 0.3 is 0 Å². The molecular formula is C15H12N4O3S. The first-order chi connectivity index (χ1) is 11.0. The fraction of sp³-hybridized carbons (Fsp3) is 0.0667. The standard InChI is InChI=1S/C15H12N4O3S/c20-15-6-9-5-11(2-4-12(9)18-15)23(21,22)19-10-1-3-13-14(7-10)17-8-16-13/h1-5,7-8,19H,6H2,(H,16,17)(H,18,20). The van der Waals surface area contributed by atoms with Crippen LogP contribution in [0, 0.1) is 0 Å². The highest BCUT2D eigenvalue weighted by atomic mass is 32.2. The minimum absolute atomic E-state index is 0.123. The first-order valence-corrected chi connectivity index (χ1v) is 8.38. The predicted octanol–water partition coefficient (Wildman–Crippen LogP) is 1.86. The minimum atomic E-state index is -3.73. The van der Waals surface area contributed by atoms with Crippen LogP contribution in [0.25, 0.3) is 11.0 Å². The van der Waals surface area contributed by atoms with E-state index in [9.17, 15) is 13.2 Å². The van der Waals surface area contributed by atoms with Crippen LogP contribution in [0.1, 0.15) is 5.56 Å². The maximum atomic E-state index is 12.5. The van der Waals surface area contributed by atoms with E-state index in [-0.39, 0.29) is 17.2 Å². The van der Waals surface area contributed by atoms with Gasteiger partial charge in [0.05, 0.1) is 34.4 Å². The van der Waals surface area contributed by atoms with E-state index >= 15 is 0 Å². The molecule has 1 amide bonds. The monoisotopic (exact) mass is 328 g/mol. The number of rotatable bonds is 3. The van der Waals surface area contributed by atoms with Gasteiger partial charge in [0.2, 0.25) is 5.91 Å². The lowest BCUT2D eigenvalue weighted by molar-refractivity contribution is -0.115. The molecule has 0 fully saturated rings.